The normalized spacial score (nSPS) is 10.5. The molecule has 0 aliphatic carbocycles. The second-order valence-electron chi connectivity index (χ2n) is 3.85. The largest absolute Gasteiger partial charge is 0.346 e. The summed E-state index contributed by atoms with van der Waals surface area (Å²) in [7, 11) is 1.80. The van der Waals surface area contributed by atoms with Gasteiger partial charge in [-0.2, -0.15) is 5.10 Å². The molecular weight excluding hydrogens is 353 g/mol. The lowest BCUT2D eigenvalue weighted by atomic mass is 10.2. The van der Waals surface area contributed by atoms with Gasteiger partial charge in [-0.05, 0) is 28.1 Å². The van der Waals surface area contributed by atoms with E-state index in [1.165, 1.54) is 0 Å². The van der Waals surface area contributed by atoms with Gasteiger partial charge in [0, 0.05) is 7.05 Å². The van der Waals surface area contributed by atoms with Crippen LogP contribution in [0.5, 0.6) is 0 Å². The van der Waals surface area contributed by atoms with Crippen LogP contribution in [0.25, 0.3) is 0 Å². The maximum absolute atomic E-state index is 12.0. The van der Waals surface area contributed by atoms with E-state index in [4.69, 9.17) is 23.2 Å². The Morgan fingerprint density at radius 1 is 1.47 bits per heavy atom. The van der Waals surface area contributed by atoms with Gasteiger partial charge in [0.15, 0.2) is 0 Å². The van der Waals surface area contributed by atoms with Crippen LogP contribution < -0.4 is 5.32 Å². The van der Waals surface area contributed by atoms with Crippen molar-refractivity contribution in [2.45, 2.75) is 6.54 Å². The molecule has 0 fully saturated rings. The SMILES string of the molecule is Cn1ncc(Br)c1CNC(=O)c1cccc(Cl)c1Cl. The average Bonchev–Trinajstić information content (AvgIpc) is 2.70. The van der Waals surface area contributed by atoms with E-state index in [-0.39, 0.29) is 10.9 Å². The molecule has 0 spiro atoms. The number of aromatic nitrogens is 2. The summed E-state index contributed by atoms with van der Waals surface area (Å²) < 4.78 is 2.52. The molecule has 1 aromatic heterocycles. The fourth-order valence-electron chi connectivity index (χ4n) is 1.57. The Kier molecular flexibility index (Phi) is 4.50. The van der Waals surface area contributed by atoms with Crippen LogP contribution in [0.3, 0.4) is 0 Å². The molecule has 0 radical (unpaired) electrons. The van der Waals surface area contributed by atoms with E-state index in [0.29, 0.717) is 17.1 Å². The van der Waals surface area contributed by atoms with Crippen LogP contribution in [0.15, 0.2) is 28.9 Å². The van der Waals surface area contributed by atoms with E-state index in [9.17, 15) is 4.79 Å². The summed E-state index contributed by atoms with van der Waals surface area (Å²) >= 11 is 15.2. The Hall–Kier alpha value is -1.04. The highest BCUT2D eigenvalue weighted by molar-refractivity contribution is 9.10. The molecule has 0 aliphatic rings. The van der Waals surface area contributed by atoms with E-state index in [2.05, 4.69) is 26.3 Å². The maximum atomic E-state index is 12.0. The van der Waals surface area contributed by atoms with E-state index in [1.54, 1.807) is 36.1 Å². The van der Waals surface area contributed by atoms with Gasteiger partial charge in [0.05, 0.1) is 38.5 Å². The number of carbonyl (C=O) groups excluding carboxylic acids is 1. The smallest absolute Gasteiger partial charge is 0.253 e. The molecule has 4 nitrogen and oxygen atoms in total. The van der Waals surface area contributed by atoms with Crippen molar-refractivity contribution in [3.63, 3.8) is 0 Å². The molecule has 0 saturated carbocycles. The molecule has 0 aliphatic heterocycles. The predicted molar refractivity (Wildman–Crippen MR) is 78.5 cm³/mol. The number of benzene rings is 1. The second-order valence-corrected chi connectivity index (χ2v) is 5.49. The zero-order chi connectivity index (χ0) is 14.0. The van der Waals surface area contributed by atoms with Gasteiger partial charge in [-0.1, -0.05) is 29.3 Å². The van der Waals surface area contributed by atoms with E-state index < -0.39 is 0 Å². The lowest BCUT2D eigenvalue weighted by molar-refractivity contribution is 0.0950. The Balaban J connectivity index is 2.12. The summed E-state index contributed by atoms with van der Waals surface area (Å²) in [5, 5.41) is 7.46. The fourth-order valence-corrected chi connectivity index (χ4v) is 2.45. The summed E-state index contributed by atoms with van der Waals surface area (Å²) in [6.07, 6.45) is 1.67. The van der Waals surface area contributed by atoms with E-state index in [1.807, 2.05) is 0 Å². The molecule has 1 N–H and O–H groups in total. The zero-order valence-electron chi connectivity index (χ0n) is 9.95. The molecule has 0 unspecified atom stereocenters. The van der Waals surface area contributed by atoms with Gasteiger partial charge < -0.3 is 5.32 Å². The molecule has 0 atom stereocenters. The van der Waals surface area contributed by atoms with E-state index in [0.717, 1.165) is 10.2 Å². The van der Waals surface area contributed by atoms with Gasteiger partial charge in [-0.15, -0.1) is 0 Å². The van der Waals surface area contributed by atoms with Crippen molar-refractivity contribution in [1.82, 2.24) is 15.1 Å². The van der Waals surface area contributed by atoms with Crippen molar-refractivity contribution in [1.29, 1.82) is 0 Å². The highest BCUT2D eigenvalue weighted by atomic mass is 79.9. The number of carbonyl (C=O) groups is 1. The Bertz CT molecular complexity index is 608. The van der Waals surface area contributed by atoms with Gasteiger partial charge >= 0.3 is 0 Å². The first-order chi connectivity index (χ1) is 9.00. The number of hydrogen-bond donors (Lipinski definition) is 1. The molecule has 1 aromatic carbocycles. The number of amides is 1. The highest BCUT2D eigenvalue weighted by Crippen LogP contribution is 2.25. The topological polar surface area (TPSA) is 46.9 Å². The van der Waals surface area contributed by atoms with E-state index >= 15 is 0 Å². The van der Waals surface area contributed by atoms with Crippen LogP contribution in [0.1, 0.15) is 16.1 Å². The summed E-state index contributed by atoms with van der Waals surface area (Å²) in [6, 6.07) is 4.95. The van der Waals surface area contributed by atoms with Crippen molar-refractivity contribution >= 4 is 45.0 Å². The molecule has 7 heteroatoms. The van der Waals surface area contributed by atoms with Crippen molar-refractivity contribution in [3.05, 3.63) is 50.2 Å². The first-order valence-electron chi connectivity index (χ1n) is 5.39. The second kappa shape index (κ2) is 5.94. The Labute approximate surface area is 128 Å². The standard InChI is InChI=1S/C12H10BrCl2N3O/c1-18-10(8(13)5-17-18)6-16-12(19)7-3-2-4-9(14)11(7)15/h2-5H,6H2,1H3,(H,16,19). The highest BCUT2D eigenvalue weighted by Gasteiger charge is 2.13. The third-order valence-electron chi connectivity index (χ3n) is 2.62. The summed E-state index contributed by atoms with van der Waals surface area (Å²) in [5.41, 5.74) is 1.22. The summed E-state index contributed by atoms with van der Waals surface area (Å²) in [5.74, 6) is -0.277. The number of halogens is 3. The number of aryl methyl sites for hydroxylation is 1. The molecule has 1 heterocycles. The zero-order valence-corrected chi connectivity index (χ0v) is 13.1. The maximum Gasteiger partial charge on any atom is 0.253 e. The molecule has 1 amide bonds. The quantitative estimate of drug-likeness (QED) is 0.909. The molecule has 19 heavy (non-hydrogen) atoms. The Morgan fingerprint density at radius 3 is 2.84 bits per heavy atom. The predicted octanol–water partition coefficient (Wildman–Crippen LogP) is 3.42. The fraction of sp³-hybridized carbons (Fsp3) is 0.167. The molecule has 100 valence electrons. The first-order valence-corrected chi connectivity index (χ1v) is 6.94. The summed E-state index contributed by atoms with van der Waals surface area (Å²) in [4.78, 5) is 12.0. The average molecular weight is 363 g/mol. The Morgan fingerprint density at radius 2 is 2.21 bits per heavy atom. The first kappa shape index (κ1) is 14.4. The number of nitrogens with one attached hydrogen (secondary N) is 1. The van der Waals surface area contributed by atoms with Crippen LogP contribution in [0, 0.1) is 0 Å². The molecule has 2 aromatic rings. The van der Waals surface area contributed by atoms with Crippen LogP contribution in [0.2, 0.25) is 10.0 Å². The lowest BCUT2D eigenvalue weighted by Gasteiger charge is -2.08. The van der Waals surface area contributed by atoms with Crippen LogP contribution >= 0.6 is 39.1 Å². The van der Waals surface area contributed by atoms with Gasteiger partial charge in [-0.3, -0.25) is 9.48 Å². The van der Waals surface area contributed by atoms with Gasteiger partial charge in [0.2, 0.25) is 0 Å². The summed E-state index contributed by atoms with van der Waals surface area (Å²) in [6.45, 7) is 0.346. The monoisotopic (exact) mass is 361 g/mol. The van der Waals surface area contributed by atoms with Gasteiger partial charge in [0.25, 0.3) is 5.91 Å². The van der Waals surface area contributed by atoms with Crippen LogP contribution in [-0.2, 0) is 13.6 Å². The van der Waals surface area contributed by atoms with Crippen LogP contribution in [-0.4, -0.2) is 15.7 Å². The third kappa shape index (κ3) is 3.11. The lowest BCUT2D eigenvalue weighted by Crippen LogP contribution is -2.24. The van der Waals surface area contributed by atoms with Crippen LogP contribution in [0.4, 0.5) is 0 Å². The van der Waals surface area contributed by atoms with Crippen molar-refractivity contribution in [3.8, 4) is 0 Å². The molecule has 0 bridgehead atoms. The minimum atomic E-state index is -0.277. The molecular formula is C12H10BrCl2N3O. The molecule has 2 rings (SSSR count). The minimum absolute atomic E-state index is 0.255. The number of rotatable bonds is 3. The number of nitrogens with zero attached hydrogens (tertiary/aromatic N) is 2. The third-order valence-corrected chi connectivity index (χ3v) is 4.10. The van der Waals surface area contributed by atoms with Crippen molar-refractivity contribution < 1.29 is 4.79 Å². The van der Waals surface area contributed by atoms with Gasteiger partial charge in [-0.25, -0.2) is 0 Å². The van der Waals surface area contributed by atoms with Crippen molar-refractivity contribution in [2.24, 2.45) is 7.05 Å². The van der Waals surface area contributed by atoms with Gasteiger partial charge in [0.1, 0.15) is 0 Å². The molecule has 0 saturated heterocycles. The minimum Gasteiger partial charge on any atom is -0.346 e. The number of hydrogen-bond acceptors (Lipinski definition) is 2. The van der Waals surface area contributed by atoms with Crippen molar-refractivity contribution in [2.75, 3.05) is 0 Å².